The molecule has 9 heteroatoms. The van der Waals surface area contributed by atoms with Crippen molar-refractivity contribution in [3.63, 3.8) is 0 Å². The number of hydrogen-bond donors (Lipinski definition) is 0. The molecule has 5 rings (SSSR count). The number of halogens is 4. The minimum Gasteiger partial charge on any atom is -0.274 e. The molecule has 3 fully saturated rings. The average molecular weight is 436 g/mol. The van der Waals surface area contributed by atoms with E-state index in [4.69, 9.17) is 11.6 Å². The van der Waals surface area contributed by atoms with Crippen LogP contribution >= 0.6 is 11.6 Å². The fourth-order valence-electron chi connectivity index (χ4n) is 4.85. The van der Waals surface area contributed by atoms with Crippen LogP contribution < -0.4 is 4.90 Å². The second kappa shape index (κ2) is 6.80. The lowest BCUT2D eigenvalue weighted by atomic mass is 9.90. The zero-order valence-electron chi connectivity index (χ0n) is 15.6. The quantitative estimate of drug-likeness (QED) is 0.671. The summed E-state index contributed by atoms with van der Waals surface area (Å²) < 4.78 is 39.5. The number of amides is 2. The Hall–Kier alpha value is -2.42. The van der Waals surface area contributed by atoms with E-state index in [0.717, 1.165) is 29.0 Å². The van der Waals surface area contributed by atoms with E-state index >= 15 is 0 Å². The van der Waals surface area contributed by atoms with Crippen molar-refractivity contribution in [1.29, 1.82) is 0 Å². The third-order valence-corrected chi connectivity index (χ3v) is 6.30. The second-order valence-electron chi connectivity index (χ2n) is 7.71. The smallest absolute Gasteiger partial charge is 0.274 e. The van der Waals surface area contributed by atoms with Crippen LogP contribution in [-0.4, -0.2) is 41.0 Å². The zero-order chi connectivity index (χ0) is 21.2. The third kappa shape index (κ3) is 2.85. The first-order valence-electron chi connectivity index (χ1n) is 9.61. The molecule has 0 aromatic heterocycles. The van der Waals surface area contributed by atoms with Crippen molar-refractivity contribution in [2.24, 2.45) is 5.92 Å². The largest absolute Gasteiger partial charge is 0.416 e. The number of carbonyl (C=O) groups is 2. The highest BCUT2D eigenvalue weighted by atomic mass is 35.5. The molecule has 3 heterocycles. The van der Waals surface area contributed by atoms with Crippen LogP contribution in [0.2, 0.25) is 5.02 Å². The molecule has 3 aliphatic rings. The lowest BCUT2D eigenvalue weighted by Crippen LogP contribution is -2.44. The van der Waals surface area contributed by atoms with E-state index in [2.05, 4.69) is 0 Å². The van der Waals surface area contributed by atoms with Gasteiger partial charge in [-0.2, -0.15) is 13.2 Å². The number of benzene rings is 2. The summed E-state index contributed by atoms with van der Waals surface area (Å²) in [6.45, 7) is 1.34. The predicted octanol–water partition coefficient (Wildman–Crippen LogP) is 3.89. The molecule has 156 valence electrons. The summed E-state index contributed by atoms with van der Waals surface area (Å²) in [6.07, 6.45) is -3.71. The monoisotopic (exact) mass is 435 g/mol. The minimum atomic E-state index is -4.56. The van der Waals surface area contributed by atoms with Gasteiger partial charge < -0.3 is 0 Å². The topological polar surface area (TPSA) is 43.9 Å². The van der Waals surface area contributed by atoms with Crippen LogP contribution in [0.25, 0.3) is 0 Å². The van der Waals surface area contributed by atoms with Crippen molar-refractivity contribution in [2.45, 2.75) is 24.7 Å². The van der Waals surface area contributed by atoms with E-state index in [-0.39, 0.29) is 11.7 Å². The number of fused-ring (bicyclic) bond motifs is 3. The Morgan fingerprint density at radius 3 is 2.23 bits per heavy atom. The number of imide groups is 1. The molecule has 3 unspecified atom stereocenters. The van der Waals surface area contributed by atoms with Gasteiger partial charge in [-0.15, -0.1) is 0 Å². The average Bonchev–Trinajstić information content (AvgIpc) is 3.34. The molecule has 0 bridgehead atoms. The fraction of sp³-hybridized carbons (Fsp3) is 0.333. The van der Waals surface area contributed by atoms with Crippen molar-refractivity contribution >= 4 is 29.1 Å². The molecular formula is C21H17ClF3N3O2. The highest BCUT2D eigenvalue weighted by Crippen LogP contribution is 2.49. The van der Waals surface area contributed by atoms with Gasteiger partial charge in [-0.1, -0.05) is 29.8 Å². The van der Waals surface area contributed by atoms with E-state index in [0.29, 0.717) is 18.1 Å². The zero-order valence-corrected chi connectivity index (χ0v) is 16.4. The van der Waals surface area contributed by atoms with Gasteiger partial charge >= 0.3 is 6.18 Å². The van der Waals surface area contributed by atoms with Crippen LogP contribution in [0, 0.1) is 5.92 Å². The minimum absolute atomic E-state index is 0.0465. The summed E-state index contributed by atoms with van der Waals surface area (Å²) in [5.41, 5.74) is -0.0876. The summed E-state index contributed by atoms with van der Waals surface area (Å²) in [5, 5.41) is 4.50. The van der Waals surface area contributed by atoms with Gasteiger partial charge in [0.1, 0.15) is 6.04 Å². The Kier molecular flexibility index (Phi) is 4.43. The lowest BCUT2D eigenvalue weighted by Gasteiger charge is -2.30. The van der Waals surface area contributed by atoms with Crippen LogP contribution in [0.5, 0.6) is 0 Å². The maximum atomic E-state index is 13.4. The van der Waals surface area contributed by atoms with Gasteiger partial charge in [0.2, 0.25) is 5.91 Å². The van der Waals surface area contributed by atoms with Crippen LogP contribution in [0.3, 0.4) is 0 Å². The van der Waals surface area contributed by atoms with Gasteiger partial charge in [0.25, 0.3) is 5.91 Å². The highest BCUT2D eigenvalue weighted by molar-refractivity contribution is 6.30. The molecule has 2 aromatic rings. The lowest BCUT2D eigenvalue weighted by molar-refractivity contribution is -0.137. The van der Waals surface area contributed by atoms with Crippen LogP contribution in [0.15, 0.2) is 48.5 Å². The first-order chi connectivity index (χ1) is 14.3. The molecule has 0 saturated carbocycles. The molecule has 0 radical (unpaired) electrons. The number of anilines is 1. The van der Waals surface area contributed by atoms with Crippen molar-refractivity contribution in [1.82, 2.24) is 10.0 Å². The number of alkyl halides is 3. The Labute approximate surface area is 175 Å². The fourth-order valence-corrected chi connectivity index (χ4v) is 4.98. The van der Waals surface area contributed by atoms with Crippen LogP contribution in [-0.2, 0) is 15.8 Å². The number of hydrazine groups is 1. The van der Waals surface area contributed by atoms with Crippen molar-refractivity contribution < 1.29 is 22.8 Å². The normalized spacial score (nSPS) is 27.1. The van der Waals surface area contributed by atoms with Crippen molar-refractivity contribution in [3.05, 3.63) is 64.7 Å². The van der Waals surface area contributed by atoms with Gasteiger partial charge in [-0.25, -0.2) is 14.9 Å². The van der Waals surface area contributed by atoms with E-state index in [1.807, 2.05) is 22.2 Å². The molecular weight excluding hydrogens is 419 g/mol. The van der Waals surface area contributed by atoms with Crippen LogP contribution in [0.4, 0.5) is 18.9 Å². The highest BCUT2D eigenvalue weighted by Gasteiger charge is 2.62. The number of nitrogens with zero attached hydrogens (tertiary/aromatic N) is 3. The first-order valence-corrected chi connectivity index (χ1v) is 9.99. The summed E-state index contributed by atoms with van der Waals surface area (Å²) in [4.78, 5) is 27.6. The first kappa shape index (κ1) is 19.5. The van der Waals surface area contributed by atoms with Gasteiger partial charge in [0.15, 0.2) is 0 Å². The van der Waals surface area contributed by atoms with E-state index in [1.54, 1.807) is 12.1 Å². The van der Waals surface area contributed by atoms with Gasteiger partial charge in [-0.05, 0) is 42.3 Å². The molecule has 3 atom stereocenters. The summed E-state index contributed by atoms with van der Waals surface area (Å²) >= 11 is 6.00. The van der Waals surface area contributed by atoms with Crippen LogP contribution in [0.1, 0.15) is 23.6 Å². The molecule has 3 saturated heterocycles. The third-order valence-electron chi connectivity index (χ3n) is 6.05. The Morgan fingerprint density at radius 1 is 0.900 bits per heavy atom. The second-order valence-corrected chi connectivity index (χ2v) is 8.14. The summed E-state index contributed by atoms with van der Waals surface area (Å²) in [5.74, 6) is -1.64. The molecule has 30 heavy (non-hydrogen) atoms. The molecule has 2 aromatic carbocycles. The van der Waals surface area contributed by atoms with E-state index in [1.165, 1.54) is 12.1 Å². The summed E-state index contributed by atoms with van der Waals surface area (Å²) in [7, 11) is 0. The maximum Gasteiger partial charge on any atom is 0.416 e. The number of hydrogen-bond acceptors (Lipinski definition) is 4. The van der Waals surface area contributed by atoms with Crippen molar-refractivity contribution in [2.75, 3.05) is 18.0 Å². The van der Waals surface area contributed by atoms with Crippen molar-refractivity contribution in [3.8, 4) is 0 Å². The maximum absolute atomic E-state index is 13.4. The Balaban J connectivity index is 1.56. The van der Waals surface area contributed by atoms with E-state index in [9.17, 15) is 22.8 Å². The van der Waals surface area contributed by atoms with Gasteiger partial charge in [0.05, 0.1) is 23.2 Å². The molecule has 5 nitrogen and oxygen atoms in total. The van der Waals surface area contributed by atoms with E-state index < -0.39 is 35.5 Å². The molecule has 0 aliphatic carbocycles. The number of carbonyl (C=O) groups excluding carboxylic acids is 2. The molecule has 2 amide bonds. The molecule has 0 spiro atoms. The van der Waals surface area contributed by atoms with Gasteiger partial charge in [-0.3, -0.25) is 9.59 Å². The standard InChI is InChI=1S/C21H17ClF3N3O2/c22-14-7-5-12(6-8-14)17-16-18(27-10-2-9-26(17)27)20(30)28(19(16)29)15-4-1-3-13(11-15)21(23,24)25/h1,3-8,11,16-18H,2,9-10H2. The van der Waals surface area contributed by atoms with Gasteiger partial charge in [0, 0.05) is 18.1 Å². The predicted molar refractivity (Wildman–Crippen MR) is 103 cm³/mol. The molecule has 0 N–H and O–H groups in total. The number of rotatable bonds is 2. The Bertz CT molecular complexity index is 1030. The summed E-state index contributed by atoms with van der Waals surface area (Å²) in [6, 6.07) is 10.4. The Morgan fingerprint density at radius 2 is 1.57 bits per heavy atom. The molecule has 3 aliphatic heterocycles. The SMILES string of the molecule is O=C1C2C(C(=O)N1c1cccc(C(F)(F)F)c1)N1CCCN1C2c1ccc(Cl)cc1.